The summed E-state index contributed by atoms with van der Waals surface area (Å²) in [5.41, 5.74) is -0.729. The molecule has 3 rings (SSSR count). The van der Waals surface area contributed by atoms with Crippen LogP contribution < -0.4 is 8.92 Å². The molecule has 0 bridgehead atoms. The zero-order valence-electron chi connectivity index (χ0n) is 21.5. The molecular formula is C26H24F9O4S2+. The van der Waals surface area contributed by atoms with E-state index >= 15 is 0 Å². The molecule has 0 amide bonds. The van der Waals surface area contributed by atoms with Crippen LogP contribution in [0.2, 0.25) is 0 Å². The normalized spacial score (nSPS) is 13.2. The lowest BCUT2D eigenvalue weighted by Gasteiger charge is -2.32. The van der Waals surface area contributed by atoms with Crippen LogP contribution in [0.25, 0.3) is 0 Å². The quantitative estimate of drug-likeness (QED) is 0.109. The minimum absolute atomic E-state index is 0.0675. The summed E-state index contributed by atoms with van der Waals surface area (Å²) < 4.78 is 147. The first kappa shape index (κ1) is 34.1. The summed E-state index contributed by atoms with van der Waals surface area (Å²) in [5.74, 6) is -15.7. The molecule has 0 unspecified atom stereocenters. The second-order valence-electron chi connectivity index (χ2n) is 9.17. The summed E-state index contributed by atoms with van der Waals surface area (Å²) in [4.78, 5) is 2.68. The third-order valence-electron chi connectivity index (χ3n) is 4.65. The van der Waals surface area contributed by atoms with Gasteiger partial charge in [0.05, 0.1) is 0 Å². The van der Waals surface area contributed by atoms with E-state index in [4.69, 9.17) is 4.74 Å². The summed E-state index contributed by atoms with van der Waals surface area (Å²) in [6.07, 6.45) is -7.15. The van der Waals surface area contributed by atoms with Crippen molar-refractivity contribution in [2.24, 2.45) is 0 Å². The maximum Gasteiger partial charge on any atom is 0.460 e. The highest BCUT2D eigenvalue weighted by atomic mass is 32.2. The molecule has 0 N–H and O–H groups in total. The first-order chi connectivity index (χ1) is 18.6. The minimum Gasteiger partial charge on any atom is -0.488 e. The van der Waals surface area contributed by atoms with Crippen LogP contribution in [-0.2, 0) is 21.9 Å². The second-order valence-corrected chi connectivity index (χ2v) is 12.0. The van der Waals surface area contributed by atoms with E-state index in [1.807, 2.05) is 12.1 Å². The third-order valence-corrected chi connectivity index (χ3v) is 7.06. The third kappa shape index (κ3) is 8.47. The lowest BCUT2D eigenvalue weighted by Crippen LogP contribution is -2.63. The lowest BCUT2D eigenvalue weighted by molar-refractivity contribution is -0.382. The predicted molar refractivity (Wildman–Crippen MR) is 135 cm³/mol. The van der Waals surface area contributed by atoms with E-state index in [0.29, 0.717) is 12.1 Å². The first-order valence-electron chi connectivity index (χ1n) is 11.4. The summed E-state index contributed by atoms with van der Waals surface area (Å²) >= 11 is 1.28. The van der Waals surface area contributed by atoms with E-state index in [0.717, 1.165) is 12.1 Å². The zero-order valence-corrected chi connectivity index (χ0v) is 23.2. The van der Waals surface area contributed by atoms with Gasteiger partial charge < -0.3 is 8.92 Å². The number of alkyl halides is 9. The van der Waals surface area contributed by atoms with Crippen molar-refractivity contribution < 1.29 is 56.9 Å². The number of halogens is 9. The van der Waals surface area contributed by atoms with Gasteiger partial charge in [0.15, 0.2) is 9.79 Å². The number of hydrogen-bond acceptors (Lipinski definition) is 4. The van der Waals surface area contributed by atoms with Crippen LogP contribution in [0.15, 0.2) is 94.7 Å². The Balaban J connectivity index is 0.000000372. The maximum atomic E-state index is 13.5. The zero-order chi connectivity index (χ0) is 31.3. The van der Waals surface area contributed by atoms with Gasteiger partial charge in [-0.2, -0.15) is 47.9 Å². The molecule has 0 aromatic heterocycles. The van der Waals surface area contributed by atoms with Crippen molar-refractivity contribution in [1.29, 1.82) is 0 Å². The van der Waals surface area contributed by atoms with Crippen LogP contribution in [0.5, 0.6) is 11.5 Å². The highest BCUT2D eigenvalue weighted by Gasteiger charge is 2.86. The van der Waals surface area contributed by atoms with Gasteiger partial charge in [-0.1, -0.05) is 36.4 Å². The molecule has 3 aromatic rings. The van der Waals surface area contributed by atoms with Crippen molar-refractivity contribution in [3.8, 4) is 11.5 Å². The molecule has 4 nitrogen and oxygen atoms in total. The van der Waals surface area contributed by atoms with Crippen molar-refractivity contribution >= 4 is 21.9 Å². The van der Waals surface area contributed by atoms with E-state index in [9.17, 15) is 47.9 Å². The number of rotatable bonds is 8. The minimum atomic E-state index is -7.36. The smallest absolute Gasteiger partial charge is 0.460 e. The van der Waals surface area contributed by atoms with Crippen LogP contribution in [0, 0.1) is 0 Å². The van der Waals surface area contributed by atoms with Crippen LogP contribution in [0.3, 0.4) is 0 Å². The molecule has 0 saturated carbocycles. The highest BCUT2D eigenvalue weighted by molar-refractivity contribution is 7.88. The van der Waals surface area contributed by atoms with Gasteiger partial charge in [-0.3, -0.25) is 0 Å². The molecule has 15 heteroatoms. The van der Waals surface area contributed by atoms with Gasteiger partial charge in [-0.15, -0.1) is 0 Å². The molecule has 3 aromatic carbocycles. The second kappa shape index (κ2) is 12.4. The Kier molecular flexibility index (Phi) is 10.3. The molecule has 226 valence electrons. The first-order valence-corrected chi connectivity index (χ1v) is 13.7. The number of hydrogen-bond donors (Lipinski definition) is 0. The van der Waals surface area contributed by atoms with Gasteiger partial charge in [0.25, 0.3) is 0 Å². The summed E-state index contributed by atoms with van der Waals surface area (Å²) in [5, 5.41) is -6.92. The summed E-state index contributed by atoms with van der Waals surface area (Å²) in [6, 6.07) is 24.2. The highest BCUT2D eigenvalue weighted by Crippen LogP contribution is 2.55. The molecule has 0 radical (unpaired) electrons. The van der Waals surface area contributed by atoms with Crippen molar-refractivity contribution in [3.05, 3.63) is 84.9 Å². The van der Waals surface area contributed by atoms with Gasteiger partial charge in [-0.25, -0.2) is 0 Å². The van der Waals surface area contributed by atoms with E-state index in [2.05, 4.69) is 52.7 Å². The SMILES string of the molecule is CC(C)(C)Oc1ccc(OS(=O)(=O)C(F)(F)C(F)(F)C(F)(F)C(F)(F)F)cc1.c1ccc([SH+]c2ccccc2)cc1. The van der Waals surface area contributed by atoms with Crippen LogP contribution >= 0.6 is 0 Å². The Bertz CT molecular complexity index is 1320. The van der Waals surface area contributed by atoms with Gasteiger partial charge in [-0.05, 0) is 69.3 Å². The van der Waals surface area contributed by atoms with Gasteiger partial charge in [0.1, 0.15) is 17.1 Å². The average Bonchev–Trinajstić information content (AvgIpc) is 2.85. The van der Waals surface area contributed by atoms with Gasteiger partial charge in [0, 0.05) is 11.8 Å². The molecular weight excluding hydrogens is 611 g/mol. The van der Waals surface area contributed by atoms with Gasteiger partial charge >= 0.3 is 33.4 Å². The molecule has 0 fully saturated rings. The Labute approximate surface area is 234 Å². The fraction of sp³-hybridized carbons (Fsp3) is 0.308. The molecule has 0 aliphatic rings. The fourth-order valence-corrected chi connectivity index (χ4v) is 4.62. The van der Waals surface area contributed by atoms with E-state index < -0.39 is 44.7 Å². The summed E-state index contributed by atoms with van der Waals surface area (Å²) in [6.45, 7) is 4.85. The predicted octanol–water partition coefficient (Wildman–Crippen LogP) is 7.92. The topological polar surface area (TPSA) is 52.6 Å². The van der Waals surface area contributed by atoms with Crippen molar-refractivity contribution in [2.45, 2.75) is 59.4 Å². The largest absolute Gasteiger partial charge is 0.488 e. The van der Waals surface area contributed by atoms with Crippen molar-refractivity contribution in [1.82, 2.24) is 0 Å². The lowest BCUT2D eigenvalue weighted by atomic mass is 10.1. The average molecular weight is 636 g/mol. The van der Waals surface area contributed by atoms with Gasteiger partial charge in [0.2, 0.25) is 0 Å². The molecule has 0 spiro atoms. The number of ether oxygens (including phenoxy) is 1. The maximum absolute atomic E-state index is 13.5. The Morgan fingerprint density at radius 3 is 1.34 bits per heavy atom. The monoisotopic (exact) mass is 635 g/mol. The van der Waals surface area contributed by atoms with E-state index in [1.165, 1.54) is 21.6 Å². The molecule has 0 atom stereocenters. The van der Waals surface area contributed by atoms with E-state index in [-0.39, 0.29) is 5.75 Å². The van der Waals surface area contributed by atoms with Crippen LogP contribution in [0.4, 0.5) is 39.5 Å². The van der Waals surface area contributed by atoms with Crippen LogP contribution in [-0.4, -0.2) is 37.3 Å². The van der Waals surface area contributed by atoms with Crippen molar-refractivity contribution in [2.75, 3.05) is 0 Å². The molecule has 0 heterocycles. The number of benzene rings is 3. The Morgan fingerprint density at radius 2 is 0.976 bits per heavy atom. The molecule has 0 aliphatic carbocycles. The standard InChI is InChI=1S/C14H13F9O4S.C12H10S/c1-10(2,3)26-8-4-6-9(7-5-8)27-28(24,25)14(22,23)12(17,18)11(15,16)13(19,20)21;1-3-7-11(8-4-1)13-12-9-5-2-6-10-12/h4-7H,1-3H3;1-10H/p+1. The molecule has 41 heavy (non-hydrogen) atoms. The number of thiol groups is 1. The van der Waals surface area contributed by atoms with Crippen molar-refractivity contribution in [3.63, 3.8) is 0 Å². The Morgan fingerprint density at radius 1 is 0.585 bits per heavy atom. The molecule has 0 saturated heterocycles. The Hall–Kier alpha value is -3.07. The fourth-order valence-electron chi connectivity index (χ4n) is 2.77. The van der Waals surface area contributed by atoms with E-state index in [1.54, 1.807) is 20.8 Å². The summed E-state index contributed by atoms with van der Waals surface area (Å²) in [7, 11) is -6.97. The molecule has 0 aliphatic heterocycles. The van der Waals surface area contributed by atoms with Crippen LogP contribution in [0.1, 0.15) is 20.8 Å².